The number of hydrogen-bond acceptors (Lipinski definition) is 4. The van der Waals surface area contributed by atoms with Crippen LogP contribution in [-0.2, 0) is 0 Å². The molecule has 0 amide bonds. The van der Waals surface area contributed by atoms with Crippen LogP contribution in [0.2, 0.25) is 0 Å². The molecule has 0 aliphatic heterocycles. The lowest BCUT2D eigenvalue weighted by Gasteiger charge is -2.32. The van der Waals surface area contributed by atoms with Gasteiger partial charge >= 0.3 is 0 Å². The second-order valence-corrected chi connectivity index (χ2v) is 4.57. The van der Waals surface area contributed by atoms with Crippen molar-refractivity contribution in [2.45, 2.75) is 44.4 Å². The normalized spacial score (nSPS) is 35.6. The van der Waals surface area contributed by atoms with Gasteiger partial charge in [0.2, 0.25) is 0 Å². The van der Waals surface area contributed by atoms with Crippen LogP contribution in [0.25, 0.3) is 0 Å². The van der Waals surface area contributed by atoms with Crippen LogP contribution in [0, 0.1) is 5.92 Å². The Bertz CT molecular complexity index is 155. The third-order valence-electron chi connectivity index (χ3n) is 2.89. The van der Waals surface area contributed by atoms with E-state index in [0.29, 0.717) is 31.1 Å². The van der Waals surface area contributed by atoms with Crippen molar-refractivity contribution in [2.24, 2.45) is 17.4 Å². The van der Waals surface area contributed by atoms with Crippen molar-refractivity contribution in [3.8, 4) is 0 Å². The molecule has 0 aromatic rings. The van der Waals surface area contributed by atoms with Gasteiger partial charge in [0.15, 0.2) is 0 Å². The number of aliphatic hydroxyl groups is 1. The highest BCUT2D eigenvalue weighted by Crippen LogP contribution is 2.22. The summed E-state index contributed by atoms with van der Waals surface area (Å²) in [7, 11) is 0. The molecular weight excluding hydrogens is 178 g/mol. The van der Waals surface area contributed by atoms with E-state index in [9.17, 15) is 5.11 Å². The van der Waals surface area contributed by atoms with Crippen LogP contribution >= 0.6 is 0 Å². The molecule has 84 valence electrons. The molecule has 0 spiro atoms. The summed E-state index contributed by atoms with van der Waals surface area (Å²) in [5, 5.41) is 12.6. The van der Waals surface area contributed by atoms with Crippen LogP contribution in [0.3, 0.4) is 0 Å². The highest BCUT2D eigenvalue weighted by molar-refractivity contribution is 4.83. The number of hydrogen-bond donors (Lipinski definition) is 4. The molecule has 4 heteroatoms. The lowest BCUT2D eigenvalue weighted by molar-refractivity contribution is 0.164. The van der Waals surface area contributed by atoms with Crippen LogP contribution in [0.5, 0.6) is 0 Å². The molecule has 1 saturated carbocycles. The fourth-order valence-electron chi connectivity index (χ4n) is 2.21. The van der Waals surface area contributed by atoms with Crippen molar-refractivity contribution in [1.29, 1.82) is 0 Å². The highest BCUT2D eigenvalue weighted by atomic mass is 16.3. The van der Waals surface area contributed by atoms with Gasteiger partial charge in [-0.05, 0) is 25.2 Å². The van der Waals surface area contributed by atoms with Crippen molar-refractivity contribution in [2.75, 3.05) is 13.1 Å². The lowest BCUT2D eigenvalue weighted by Crippen LogP contribution is -2.45. The maximum Gasteiger partial charge on any atom is 0.0786 e. The molecule has 0 radical (unpaired) electrons. The van der Waals surface area contributed by atoms with Gasteiger partial charge in [0.25, 0.3) is 0 Å². The van der Waals surface area contributed by atoms with Gasteiger partial charge in [-0.3, -0.25) is 0 Å². The standard InChI is InChI=1S/C10H23N3O/c1-7-2-8(12)4-9(3-7)13-6-10(14)5-11/h7-10,13-14H,2-6,11-12H2,1H3. The first-order chi connectivity index (χ1) is 6.61. The number of nitrogens with one attached hydrogen (secondary N) is 1. The third kappa shape index (κ3) is 3.92. The Morgan fingerprint density at radius 2 is 2.14 bits per heavy atom. The second kappa shape index (κ2) is 5.66. The second-order valence-electron chi connectivity index (χ2n) is 4.57. The van der Waals surface area contributed by atoms with E-state index in [1.165, 1.54) is 0 Å². The smallest absolute Gasteiger partial charge is 0.0786 e. The zero-order valence-corrected chi connectivity index (χ0v) is 8.95. The molecular formula is C10H23N3O. The highest BCUT2D eigenvalue weighted by Gasteiger charge is 2.23. The van der Waals surface area contributed by atoms with E-state index in [-0.39, 0.29) is 0 Å². The van der Waals surface area contributed by atoms with Gasteiger partial charge < -0.3 is 21.9 Å². The maximum atomic E-state index is 9.30. The van der Waals surface area contributed by atoms with E-state index in [0.717, 1.165) is 19.3 Å². The molecule has 1 fully saturated rings. The summed E-state index contributed by atoms with van der Waals surface area (Å²) in [6.45, 7) is 3.13. The van der Waals surface area contributed by atoms with Crippen LogP contribution in [0.1, 0.15) is 26.2 Å². The first-order valence-electron chi connectivity index (χ1n) is 5.49. The maximum absolute atomic E-state index is 9.30. The van der Waals surface area contributed by atoms with Crippen LogP contribution in [-0.4, -0.2) is 36.4 Å². The quantitative estimate of drug-likeness (QED) is 0.490. The monoisotopic (exact) mass is 201 g/mol. The van der Waals surface area contributed by atoms with Gasteiger partial charge in [-0.1, -0.05) is 6.92 Å². The molecule has 0 aromatic carbocycles. The van der Waals surface area contributed by atoms with Crippen molar-refractivity contribution in [1.82, 2.24) is 5.32 Å². The SMILES string of the molecule is CC1CC(N)CC(NCC(O)CN)C1. The first kappa shape index (κ1) is 11.9. The molecule has 4 atom stereocenters. The molecule has 14 heavy (non-hydrogen) atoms. The van der Waals surface area contributed by atoms with Gasteiger partial charge in [0.1, 0.15) is 0 Å². The zero-order chi connectivity index (χ0) is 10.6. The first-order valence-corrected chi connectivity index (χ1v) is 5.49. The Hall–Kier alpha value is -0.160. The Morgan fingerprint density at radius 1 is 1.43 bits per heavy atom. The Balaban J connectivity index is 2.23. The topological polar surface area (TPSA) is 84.3 Å². The molecule has 1 aliphatic carbocycles. The molecule has 4 nitrogen and oxygen atoms in total. The van der Waals surface area contributed by atoms with Gasteiger partial charge in [-0.25, -0.2) is 0 Å². The largest absolute Gasteiger partial charge is 0.390 e. The Labute approximate surface area is 86.0 Å². The molecule has 1 aliphatic rings. The van der Waals surface area contributed by atoms with Crippen molar-refractivity contribution >= 4 is 0 Å². The van der Waals surface area contributed by atoms with E-state index >= 15 is 0 Å². The minimum atomic E-state index is -0.427. The Morgan fingerprint density at radius 3 is 2.71 bits per heavy atom. The summed E-state index contributed by atoms with van der Waals surface area (Å²) < 4.78 is 0. The van der Waals surface area contributed by atoms with Gasteiger partial charge in [-0.15, -0.1) is 0 Å². The van der Waals surface area contributed by atoms with Gasteiger partial charge in [0.05, 0.1) is 6.10 Å². The van der Waals surface area contributed by atoms with Crippen molar-refractivity contribution in [3.63, 3.8) is 0 Å². The summed E-state index contributed by atoms with van der Waals surface area (Å²) >= 11 is 0. The summed E-state index contributed by atoms with van der Waals surface area (Å²) in [4.78, 5) is 0. The van der Waals surface area contributed by atoms with Gasteiger partial charge in [-0.2, -0.15) is 0 Å². The van der Waals surface area contributed by atoms with Gasteiger partial charge in [0, 0.05) is 25.2 Å². The number of nitrogens with two attached hydrogens (primary N) is 2. The van der Waals surface area contributed by atoms with E-state index in [4.69, 9.17) is 11.5 Å². The summed E-state index contributed by atoms with van der Waals surface area (Å²) in [5.74, 6) is 0.686. The third-order valence-corrected chi connectivity index (χ3v) is 2.89. The minimum Gasteiger partial charge on any atom is -0.390 e. The average molecular weight is 201 g/mol. The fraction of sp³-hybridized carbons (Fsp3) is 1.00. The zero-order valence-electron chi connectivity index (χ0n) is 8.95. The summed E-state index contributed by atoms with van der Waals surface area (Å²) in [6, 6.07) is 0.765. The molecule has 1 rings (SSSR count). The van der Waals surface area contributed by atoms with Crippen LogP contribution in [0.15, 0.2) is 0 Å². The number of rotatable bonds is 4. The lowest BCUT2D eigenvalue weighted by atomic mass is 9.84. The fourth-order valence-corrected chi connectivity index (χ4v) is 2.21. The van der Waals surface area contributed by atoms with Crippen LogP contribution < -0.4 is 16.8 Å². The predicted molar refractivity (Wildman–Crippen MR) is 57.8 cm³/mol. The number of aliphatic hydroxyl groups excluding tert-OH is 1. The van der Waals surface area contributed by atoms with E-state index in [2.05, 4.69) is 12.2 Å². The molecule has 0 saturated heterocycles. The summed E-state index contributed by atoms with van der Waals surface area (Å²) in [5.41, 5.74) is 11.3. The predicted octanol–water partition coefficient (Wildman–Crippen LogP) is -0.588. The Kier molecular flexibility index (Phi) is 4.81. The van der Waals surface area contributed by atoms with E-state index < -0.39 is 6.10 Å². The minimum absolute atomic E-state index is 0.311. The molecule has 0 aromatic heterocycles. The molecule has 4 unspecified atom stereocenters. The molecule has 0 heterocycles. The van der Waals surface area contributed by atoms with E-state index in [1.54, 1.807) is 0 Å². The molecule has 6 N–H and O–H groups in total. The molecule has 0 bridgehead atoms. The summed E-state index contributed by atoms with van der Waals surface area (Å²) in [6.07, 6.45) is 2.87. The van der Waals surface area contributed by atoms with Crippen molar-refractivity contribution < 1.29 is 5.11 Å². The van der Waals surface area contributed by atoms with Crippen LogP contribution in [0.4, 0.5) is 0 Å². The van der Waals surface area contributed by atoms with Crippen molar-refractivity contribution in [3.05, 3.63) is 0 Å². The average Bonchev–Trinajstić information content (AvgIpc) is 2.12. The van der Waals surface area contributed by atoms with E-state index in [1.807, 2.05) is 0 Å².